The van der Waals surface area contributed by atoms with Crippen LogP contribution in [-0.4, -0.2) is 8.42 Å². The zero-order valence-corrected chi connectivity index (χ0v) is 13.2. The molecule has 0 fully saturated rings. The molecule has 3 N–H and O–H groups in total. The van der Waals surface area contributed by atoms with Gasteiger partial charge in [-0.05, 0) is 48.2 Å². The molecule has 0 saturated carbocycles. The van der Waals surface area contributed by atoms with Gasteiger partial charge in [0, 0.05) is 11.4 Å². The van der Waals surface area contributed by atoms with Gasteiger partial charge in [-0.3, -0.25) is 4.72 Å². The molecular formula is C16H20N2O2S. The van der Waals surface area contributed by atoms with Gasteiger partial charge in [0.1, 0.15) is 0 Å². The van der Waals surface area contributed by atoms with Crippen molar-refractivity contribution in [1.29, 1.82) is 0 Å². The fourth-order valence-electron chi connectivity index (χ4n) is 2.07. The minimum Gasteiger partial charge on any atom is -0.398 e. The van der Waals surface area contributed by atoms with E-state index in [-0.39, 0.29) is 4.90 Å². The third kappa shape index (κ3) is 3.36. The predicted molar refractivity (Wildman–Crippen MR) is 86.9 cm³/mol. The van der Waals surface area contributed by atoms with Crippen molar-refractivity contribution in [3.05, 3.63) is 53.6 Å². The van der Waals surface area contributed by atoms with Gasteiger partial charge in [-0.1, -0.05) is 32.0 Å². The van der Waals surface area contributed by atoms with Crippen LogP contribution in [0.15, 0.2) is 47.4 Å². The van der Waals surface area contributed by atoms with Crippen molar-refractivity contribution < 1.29 is 8.42 Å². The fourth-order valence-corrected chi connectivity index (χ4v) is 3.40. The minimum atomic E-state index is -3.63. The maximum atomic E-state index is 12.4. The molecule has 0 radical (unpaired) electrons. The number of nitrogens with two attached hydrogens (primary N) is 1. The monoisotopic (exact) mass is 304 g/mol. The summed E-state index contributed by atoms with van der Waals surface area (Å²) in [6.45, 7) is 5.89. The van der Waals surface area contributed by atoms with E-state index < -0.39 is 10.0 Å². The highest BCUT2D eigenvalue weighted by Gasteiger charge is 2.17. The first-order valence-corrected chi connectivity index (χ1v) is 8.27. The molecule has 2 rings (SSSR count). The van der Waals surface area contributed by atoms with Crippen LogP contribution in [0.3, 0.4) is 0 Å². The maximum absolute atomic E-state index is 12.4. The van der Waals surface area contributed by atoms with Crippen molar-refractivity contribution >= 4 is 21.4 Å². The summed E-state index contributed by atoms with van der Waals surface area (Å²) in [4.78, 5) is 0.204. The normalized spacial score (nSPS) is 11.6. The van der Waals surface area contributed by atoms with Crippen molar-refractivity contribution in [3.63, 3.8) is 0 Å². The van der Waals surface area contributed by atoms with E-state index in [1.807, 2.05) is 12.1 Å². The second-order valence-electron chi connectivity index (χ2n) is 5.35. The summed E-state index contributed by atoms with van der Waals surface area (Å²) < 4.78 is 27.4. The highest BCUT2D eigenvalue weighted by molar-refractivity contribution is 7.92. The lowest BCUT2D eigenvalue weighted by atomic mass is 10.0. The molecule has 2 aromatic rings. The summed E-state index contributed by atoms with van der Waals surface area (Å²) in [7, 11) is -3.63. The van der Waals surface area contributed by atoms with E-state index in [1.165, 1.54) is 0 Å². The zero-order valence-electron chi connectivity index (χ0n) is 12.4. The molecule has 0 heterocycles. The lowest BCUT2D eigenvalue weighted by molar-refractivity contribution is 0.600. The summed E-state index contributed by atoms with van der Waals surface area (Å²) in [5, 5.41) is 0. The Hall–Kier alpha value is -2.01. The second kappa shape index (κ2) is 5.77. The molecule has 0 saturated heterocycles. The number of hydrogen-bond donors (Lipinski definition) is 2. The largest absolute Gasteiger partial charge is 0.398 e. The number of nitrogen functional groups attached to an aromatic ring is 1. The Morgan fingerprint density at radius 1 is 1.05 bits per heavy atom. The van der Waals surface area contributed by atoms with Crippen LogP contribution in [0.4, 0.5) is 11.4 Å². The van der Waals surface area contributed by atoms with E-state index in [2.05, 4.69) is 18.6 Å². The third-order valence-electron chi connectivity index (χ3n) is 3.45. The van der Waals surface area contributed by atoms with Gasteiger partial charge >= 0.3 is 0 Å². The fraction of sp³-hybridized carbons (Fsp3) is 0.250. The maximum Gasteiger partial charge on any atom is 0.262 e. The van der Waals surface area contributed by atoms with Crippen LogP contribution in [0.2, 0.25) is 0 Å². The molecule has 0 aliphatic heterocycles. The molecular weight excluding hydrogens is 284 g/mol. The van der Waals surface area contributed by atoms with Gasteiger partial charge in [0.15, 0.2) is 0 Å². The molecule has 112 valence electrons. The molecule has 0 aliphatic rings. The van der Waals surface area contributed by atoms with Gasteiger partial charge in [0.2, 0.25) is 0 Å². The smallest absolute Gasteiger partial charge is 0.262 e. The van der Waals surface area contributed by atoms with E-state index in [0.29, 0.717) is 22.9 Å². The van der Waals surface area contributed by atoms with E-state index >= 15 is 0 Å². The summed E-state index contributed by atoms with van der Waals surface area (Å²) >= 11 is 0. The van der Waals surface area contributed by atoms with Crippen LogP contribution in [-0.2, 0) is 10.0 Å². The summed E-state index contributed by atoms with van der Waals surface area (Å²) in [5.41, 5.74) is 8.50. The summed E-state index contributed by atoms with van der Waals surface area (Å²) in [6.07, 6.45) is 0. The number of hydrogen-bond acceptors (Lipinski definition) is 3. The van der Waals surface area contributed by atoms with Crippen molar-refractivity contribution in [2.75, 3.05) is 10.5 Å². The third-order valence-corrected chi connectivity index (χ3v) is 4.97. The van der Waals surface area contributed by atoms with Crippen molar-refractivity contribution in [2.45, 2.75) is 31.6 Å². The number of anilines is 2. The molecule has 0 bridgehead atoms. The SMILES string of the molecule is Cc1c(N)cccc1S(=O)(=O)Nc1ccc(C(C)C)cc1. The van der Waals surface area contributed by atoms with Gasteiger partial charge in [-0.2, -0.15) is 0 Å². The van der Waals surface area contributed by atoms with Gasteiger partial charge in [-0.15, -0.1) is 0 Å². The Balaban J connectivity index is 2.31. The molecule has 21 heavy (non-hydrogen) atoms. The lowest BCUT2D eigenvalue weighted by Gasteiger charge is -2.12. The van der Waals surface area contributed by atoms with Crippen LogP contribution in [0, 0.1) is 6.92 Å². The van der Waals surface area contributed by atoms with Gasteiger partial charge < -0.3 is 5.73 Å². The average Bonchev–Trinajstić information content (AvgIpc) is 2.41. The molecule has 4 nitrogen and oxygen atoms in total. The Bertz CT molecular complexity index is 735. The van der Waals surface area contributed by atoms with Crippen LogP contribution < -0.4 is 10.5 Å². The molecule has 0 amide bonds. The second-order valence-corrected chi connectivity index (χ2v) is 7.00. The lowest BCUT2D eigenvalue weighted by Crippen LogP contribution is -2.15. The van der Waals surface area contributed by atoms with Gasteiger partial charge in [0.25, 0.3) is 10.0 Å². The minimum absolute atomic E-state index is 0.204. The van der Waals surface area contributed by atoms with Crippen molar-refractivity contribution in [2.24, 2.45) is 0 Å². The van der Waals surface area contributed by atoms with Crippen molar-refractivity contribution in [1.82, 2.24) is 0 Å². The predicted octanol–water partition coefficient (Wildman–Crippen LogP) is 3.50. The first kappa shape index (κ1) is 15.4. The number of benzene rings is 2. The Morgan fingerprint density at radius 3 is 2.24 bits per heavy atom. The molecule has 0 atom stereocenters. The number of rotatable bonds is 4. The number of nitrogens with one attached hydrogen (secondary N) is 1. The van der Waals surface area contributed by atoms with Gasteiger partial charge in [0.05, 0.1) is 4.90 Å². The average molecular weight is 304 g/mol. The summed E-state index contributed by atoms with van der Waals surface area (Å²) in [6, 6.07) is 12.3. The molecule has 0 unspecified atom stereocenters. The van der Waals surface area contributed by atoms with Crippen LogP contribution in [0.25, 0.3) is 0 Å². The Morgan fingerprint density at radius 2 is 1.67 bits per heavy atom. The molecule has 0 aromatic heterocycles. The Labute approximate surface area is 126 Å². The van der Waals surface area contributed by atoms with Crippen molar-refractivity contribution in [3.8, 4) is 0 Å². The van der Waals surface area contributed by atoms with Gasteiger partial charge in [-0.25, -0.2) is 8.42 Å². The topological polar surface area (TPSA) is 72.2 Å². The van der Waals surface area contributed by atoms with E-state index in [0.717, 1.165) is 5.56 Å². The van der Waals surface area contributed by atoms with Crippen LogP contribution >= 0.6 is 0 Å². The van der Waals surface area contributed by atoms with Crippen LogP contribution in [0.5, 0.6) is 0 Å². The van der Waals surface area contributed by atoms with Crippen LogP contribution in [0.1, 0.15) is 30.9 Å². The standard InChI is InChI=1S/C16H20N2O2S/c1-11(2)13-7-9-14(10-8-13)18-21(19,20)16-6-4-5-15(17)12(16)3/h4-11,18H,17H2,1-3H3. The Kier molecular flexibility index (Phi) is 4.23. The highest BCUT2D eigenvalue weighted by Crippen LogP contribution is 2.24. The first-order valence-electron chi connectivity index (χ1n) is 6.79. The molecule has 5 heteroatoms. The number of sulfonamides is 1. The molecule has 0 aliphatic carbocycles. The quantitative estimate of drug-likeness (QED) is 0.849. The highest BCUT2D eigenvalue weighted by atomic mass is 32.2. The summed E-state index contributed by atoms with van der Waals surface area (Å²) in [5.74, 6) is 0.409. The zero-order chi connectivity index (χ0) is 15.6. The van der Waals surface area contributed by atoms with E-state index in [1.54, 1.807) is 37.3 Å². The van der Waals surface area contributed by atoms with E-state index in [4.69, 9.17) is 5.73 Å². The molecule has 2 aromatic carbocycles. The molecule has 0 spiro atoms. The van der Waals surface area contributed by atoms with E-state index in [9.17, 15) is 8.42 Å². The first-order chi connectivity index (χ1) is 9.81.